The second-order valence-corrected chi connectivity index (χ2v) is 5.61. The van der Waals surface area contributed by atoms with Crippen molar-refractivity contribution in [3.8, 4) is 11.8 Å². The summed E-state index contributed by atoms with van der Waals surface area (Å²) in [5, 5.41) is 4.49. The van der Waals surface area contributed by atoms with Gasteiger partial charge in [-0.15, -0.1) is 11.8 Å². The fraction of sp³-hybridized carbons (Fsp3) is 0.412. The molecule has 3 N–H and O–H groups in total. The van der Waals surface area contributed by atoms with Gasteiger partial charge in [0.2, 0.25) is 0 Å². The van der Waals surface area contributed by atoms with Crippen molar-refractivity contribution in [3.63, 3.8) is 0 Å². The van der Waals surface area contributed by atoms with E-state index in [0.717, 1.165) is 36.8 Å². The first kappa shape index (κ1) is 15.2. The topological polar surface area (TPSA) is 81.6 Å². The molecule has 6 nitrogen and oxygen atoms in total. The SMILES string of the molecule is CC#CCCCn1[nH]cc2c(N)c3c(=O)n(CCC)cc3nc21. The zero-order valence-corrected chi connectivity index (χ0v) is 13.5. The van der Waals surface area contributed by atoms with Crippen molar-refractivity contribution in [2.24, 2.45) is 0 Å². The highest BCUT2D eigenvalue weighted by atomic mass is 16.1. The van der Waals surface area contributed by atoms with Crippen LogP contribution in [0.4, 0.5) is 5.69 Å². The molecule has 0 aromatic carbocycles. The molecule has 120 valence electrons. The van der Waals surface area contributed by atoms with Crippen molar-refractivity contribution in [1.29, 1.82) is 0 Å². The highest BCUT2D eigenvalue weighted by molar-refractivity contribution is 6.05. The van der Waals surface area contributed by atoms with Crippen molar-refractivity contribution < 1.29 is 0 Å². The molecule has 3 rings (SSSR count). The standard InChI is InChI=1S/C17H21N5O/c1-3-5-6-7-9-22-16-12(10-19-22)15(18)14-13(20-16)11-21(8-4-2)17(14)23/h10-11,19H,4,6-9,18H2,1-2H3. The molecule has 3 heterocycles. The normalized spacial score (nSPS) is 11.0. The molecule has 0 bridgehead atoms. The summed E-state index contributed by atoms with van der Waals surface area (Å²) in [6.45, 7) is 5.35. The molecule has 6 heteroatoms. The van der Waals surface area contributed by atoms with Crippen LogP contribution in [-0.4, -0.2) is 19.3 Å². The molecular formula is C17H21N5O. The minimum absolute atomic E-state index is 0.0558. The van der Waals surface area contributed by atoms with Crippen molar-refractivity contribution >= 4 is 27.6 Å². The van der Waals surface area contributed by atoms with E-state index in [2.05, 4.69) is 21.9 Å². The van der Waals surface area contributed by atoms with Gasteiger partial charge >= 0.3 is 0 Å². The summed E-state index contributed by atoms with van der Waals surface area (Å²) in [7, 11) is 0. The third kappa shape index (κ3) is 2.59. The fourth-order valence-corrected chi connectivity index (χ4v) is 2.87. The molecule has 0 aliphatic heterocycles. The lowest BCUT2D eigenvalue weighted by molar-refractivity contribution is 0.601. The monoisotopic (exact) mass is 311 g/mol. The van der Waals surface area contributed by atoms with E-state index in [9.17, 15) is 4.79 Å². The van der Waals surface area contributed by atoms with Gasteiger partial charge in [0, 0.05) is 31.9 Å². The number of hydrogen-bond donors (Lipinski definition) is 2. The summed E-state index contributed by atoms with van der Waals surface area (Å²) >= 11 is 0. The Labute approximate surface area is 134 Å². The maximum atomic E-state index is 12.4. The second-order valence-electron chi connectivity index (χ2n) is 5.61. The average molecular weight is 311 g/mol. The number of nitrogens with two attached hydrogens (primary N) is 1. The lowest BCUT2D eigenvalue weighted by Gasteiger charge is -2.03. The summed E-state index contributed by atoms with van der Waals surface area (Å²) < 4.78 is 3.65. The number of pyridine rings is 1. The first-order chi connectivity index (χ1) is 11.2. The van der Waals surface area contributed by atoms with Gasteiger partial charge in [-0.1, -0.05) is 6.92 Å². The minimum Gasteiger partial charge on any atom is -0.397 e. The van der Waals surface area contributed by atoms with E-state index in [1.54, 1.807) is 10.8 Å². The van der Waals surface area contributed by atoms with Gasteiger partial charge in [0.25, 0.3) is 5.56 Å². The number of unbranched alkanes of at least 4 members (excludes halogenated alkanes) is 1. The summed E-state index contributed by atoms with van der Waals surface area (Å²) in [5.41, 5.74) is 8.14. The van der Waals surface area contributed by atoms with Crippen LogP contribution in [-0.2, 0) is 13.1 Å². The molecule has 0 amide bonds. The zero-order chi connectivity index (χ0) is 16.4. The number of H-pyrrole nitrogens is 1. The van der Waals surface area contributed by atoms with Gasteiger partial charge in [-0.25, -0.2) is 4.98 Å². The van der Waals surface area contributed by atoms with Gasteiger partial charge in [-0.2, -0.15) is 0 Å². The molecule has 0 radical (unpaired) electrons. The number of fused-ring (bicyclic) bond motifs is 2. The third-order valence-electron chi connectivity index (χ3n) is 3.98. The first-order valence-corrected chi connectivity index (χ1v) is 7.93. The van der Waals surface area contributed by atoms with E-state index in [1.807, 2.05) is 24.7 Å². The molecule has 23 heavy (non-hydrogen) atoms. The van der Waals surface area contributed by atoms with Crippen LogP contribution >= 0.6 is 0 Å². The number of anilines is 1. The van der Waals surface area contributed by atoms with Crippen LogP contribution in [0.3, 0.4) is 0 Å². The average Bonchev–Trinajstić information content (AvgIpc) is 3.07. The molecule has 0 fully saturated rings. The molecule has 0 spiro atoms. The Hall–Kier alpha value is -2.68. The number of nitrogens with zero attached hydrogens (tertiary/aromatic N) is 3. The van der Waals surface area contributed by atoms with Gasteiger partial charge in [-0.3, -0.25) is 9.48 Å². The lowest BCUT2D eigenvalue weighted by Crippen LogP contribution is -2.14. The van der Waals surface area contributed by atoms with Gasteiger partial charge in [0.1, 0.15) is 0 Å². The van der Waals surface area contributed by atoms with Crippen LogP contribution in [0, 0.1) is 11.8 Å². The molecule has 3 aromatic rings. The van der Waals surface area contributed by atoms with Crippen molar-refractivity contribution in [2.45, 2.75) is 46.2 Å². The van der Waals surface area contributed by atoms with Crippen LogP contribution in [0.25, 0.3) is 21.9 Å². The number of aryl methyl sites for hydroxylation is 2. The van der Waals surface area contributed by atoms with Crippen molar-refractivity contribution in [2.75, 3.05) is 5.73 Å². The molecular weight excluding hydrogens is 290 g/mol. The maximum Gasteiger partial charge on any atom is 0.262 e. The van der Waals surface area contributed by atoms with Crippen LogP contribution in [0.1, 0.15) is 33.1 Å². The predicted molar refractivity (Wildman–Crippen MR) is 93.2 cm³/mol. The maximum absolute atomic E-state index is 12.4. The van der Waals surface area contributed by atoms with Gasteiger partial charge < -0.3 is 15.4 Å². The van der Waals surface area contributed by atoms with Gasteiger partial charge in [0.05, 0.1) is 22.0 Å². The van der Waals surface area contributed by atoms with E-state index in [4.69, 9.17) is 5.73 Å². The summed E-state index contributed by atoms with van der Waals surface area (Å²) in [6, 6.07) is 0. The highest BCUT2D eigenvalue weighted by Crippen LogP contribution is 2.26. The molecule has 3 aromatic heterocycles. The number of aromatic nitrogens is 4. The Bertz CT molecular complexity index is 964. The highest BCUT2D eigenvalue weighted by Gasteiger charge is 2.16. The van der Waals surface area contributed by atoms with Crippen LogP contribution in [0.2, 0.25) is 0 Å². The number of hydrogen-bond acceptors (Lipinski definition) is 3. The quantitative estimate of drug-likeness (QED) is 0.561. The van der Waals surface area contributed by atoms with Crippen molar-refractivity contribution in [3.05, 3.63) is 22.7 Å². The van der Waals surface area contributed by atoms with E-state index in [0.29, 0.717) is 23.1 Å². The molecule has 0 aliphatic carbocycles. The first-order valence-electron chi connectivity index (χ1n) is 7.93. The lowest BCUT2D eigenvalue weighted by atomic mass is 10.2. The van der Waals surface area contributed by atoms with Crippen LogP contribution in [0.15, 0.2) is 17.2 Å². The van der Waals surface area contributed by atoms with E-state index >= 15 is 0 Å². The van der Waals surface area contributed by atoms with Crippen LogP contribution < -0.4 is 11.3 Å². The molecule has 0 unspecified atom stereocenters. The smallest absolute Gasteiger partial charge is 0.262 e. The van der Waals surface area contributed by atoms with E-state index in [-0.39, 0.29) is 5.56 Å². The minimum atomic E-state index is -0.0558. The predicted octanol–water partition coefficient (Wildman–Crippen LogP) is 2.48. The van der Waals surface area contributed by atoms with E-state index in [1.165, 1.54) is 0 Å². The summed E-state index contributed by atoms with van der Waals surface area (Å²) in [6.07, 6.45) is 6.30. The number of rotatable bonds is 5. The Morgan fingerprint density at radius 2 is 2.22 bits per heavy atom. The Kier molecular flexibility index (Phi) is 4.11. The Balaban J connectivity index is 2.08. The molecule has 0 atom stereocenters. The number of aromatic amines is 1. The van der Waals surface area contributed by atoms with Crippen LogP contribution in [0.5, 0.6) is 0 Å². The molecule has 0 saturated heterocycles. The summed E-state index contributed by atoms with van der Waals surface area (Å²) in [4.78, 5) is 17.1. The summed E-state index contributed by atoms with van der Waals surface area (Å²) in [5.74, 6) is 5.95. The van der Waals surface area contributed by atoms with Gasteiger partial charge in [-0.05, 0) is 19.8 Å². The molecule has 0 aliphatic rings. The number of nitrogen functional groups attached to an aromatic ring is 1. The van der Waals surface area contributed by atoms with Crippen molar-refractivity contribution in [1.82, 2.24) is 19.3 Å². The van der Waals surface area contributed by atoms with Gasteiger partial charge in [0.15, 0.2) is 5.65 Å². The molecule has 0 saturated carbocycles. The Morgan fingerprint density at radius 1 is 1.39 bits per heavy atom. The Morgan fingerprint density at radius 3 is 2.96 bits per heavy atom. The number of nitrogens with one attached hydrogen (secondary N) is 1. The van der Waals surface area contributed by atoms with E-state index < -0.39 is 0 Å². The zero-order valence-electron chi connectivity index (χ0n) is 13.5. The second kappa shape index (κ2) is 6.21. The third-order valence-corrected chi connectivity index (χ3v) is 3.98. The largest absolute Gasteiger partial charge is 0.397 e. The fourth-order valence-electron chi connectivity index (χ4n) is 2.87.